The van der Waals surface area contributed by atoms with Crippen LogP contribution in [0.4, 0.5) is 0 Å². The Bertz CT molecular complexity index is 931. The molecule has 2 aromatic heterocycles. The molecule has 0 N–H and O–H groups in total. The fourth-order valence-corrected chi connectivity index (χ4v) is 2.22. The molecule has 2 heterocycles. The molecule has 0 aromatic carbocycles. The maximum atomic E-state index is 11.1. The van der Waals surface area contributed by atoms with Gasteiger partial charge >= 0.3 is 11.9 Å². The molecular formula is C24H31BrN2O6. The molecule has 0 saturated carbocycles. The standard InChI is InChI=1S/C12H15NO3.C7H8BrNO.C5H8O2/c1-4-16-12(14)6-5-10-8-13-11(15-3)7-9(10)2;1-5-3-7(10-2)9-4-6(5)8;1-3-5(6)7-4-2/h5-8H,4H2,1-3H3;3-4H,1-2H3;3H,1,4H2,2H3/b6-5+;;. The van der Waals surface area contributed by atoms with Crippen LogP contribution >= 0.6 is 15.9 Å². The molecule has 0 spiro atoms. The highest BCUT2D eigenvalue weighted by molar-refractivity contribution is 9.10. The van der Waals surface area contributed by atoms with Crippen molar-refractivity contribution < 1.29 is 28.5 Å². The first-order valence-corrected chi connectivity index (χ1v) is 10.8. The van der Waals surface area contributed by atoms with Crippen molar-refractivity contribution >= 4 is 33.9 Å². The highest BCUT2D eigenvalue weighted by Crippen LogP contribution is 2.18. The largest absolute Gasteiger partial charge is 0.481 e. The lowest BCUT2D eigenvalue weighted by Gasteiger charge is -2.02. The molecule has 8 nitrogen and oxygen atoms in total. The van der Waals surface area contributed by atoms with Gasteiger partial charge < -0.3 is 18.9 Å². The molecule has 0 fully saturated rings. The van der Waals surface area contributed by atoms with E-state index in [9.17, 15) is 9.59 Å². The Morgan fingerprint density at radius 3 is 1.88 bits per heavy atom. The Balaban J connectivity index is 0.000000514. The van der Waals surface area contributed by atoms with Crippen molar-refractivity contribution in [3.8, 4) is 11.8 Å². The van der Waals surface area contributed by atoms with Gasteiger partial charge in [0.1, 0.15) is 0 Å². The van der Waals surface area contributed by atoms with Crippen LogP contribution < -0.4 is 9.47 Å². The Labute approximate surface area is 203 Å². The second kappa shape index (κ2) is 17.4. The average Bonchev–Trinajstić information content (AvgIpc) is 2.81. The van der Waals surface area contributed by atoms with Gasteiger partial charge in [-0.1, -0.05) is 6.58 Å². The summed E-state index contributed by atoms with van der Waals surface area (Å²) in [6, 6.07) is 3.69. The van der Waals surface area contributed by atoms with E-state index >= 15 is 0 Å². The second-order valence-electron chi connectivity index (χ2n) is 6.10. The number of methoxy groups -OCH3 is 2. The van der Waals surface area contributed by atoms with E-state index in [1.807, 2.05) is 26.0 Å². The van der Waals surface area contributed by atoms with E-state index in [1.165, 1.54) is 6.08 Å². The van der Waals surface area contributed by atoms with Gasteiger partial charge in [-0.15, -0.1) is 0 Å². The number of esters is 2. The first kappa shape index (κ1) is 29.8. The van der Waals surface area contributed by atoms with Crippen LogP contribution in [-0.2, 0) is 19.1 Å². The number of aryl methyl sites for hydroxylation is 2. The van der Waals surface area contributed by atoms with E-state index in [4.69, 9.17) is 14.2 Å². The number of carbonyl (C=O) groups is 2. The molecule has 180 valence electrons. The third kappa shape index (κ3) is 13.1. The number of nitrogens with zero attached hydrogens (tertiary/aromatic N) is 2. The molecular weight excluding hydrogens is 492 g/mol. The zero-order chi connectivity index (χ0) is 25.2. The highest BCUT2D eigenvalue weighted by Gasteiger charge is 2.00. The van der Waals surface area contributed by atoms with Gasteiger partial charge in [0.15, 0.2) is 0 Å². The van der Waals surface area contributed by atoms with Crippen molar-refractivity contribution in [2.75, 3.05) is 27.4 Å². The third-order valence-electron chi connectivity index (χ3n) is 3.71. The summed E-state index contributed by atoms with van der Waals surface area (Å²) in [5.74, 6) is 0.506. The topological polar surface area (TPSA) is 96.8 Å². The molecule has 0 bridgehead atoms. The summed E-state index contributed by atoms with van der Waals surface area (Å²) >= 11 is 3.34. The van der Waals surface area contributed by atoms with Crippen molar-refractivity contribution in [3.05, 3.63) is 64.4 Å². The fourth-order valence-electron chi connectivity index (χ4n) is 2.00. The van der Waals surface area contributed by atoms with Crippen molar-refractivity contribution in [3.63, 3.8) is 0 Å². The minimum atomic E-state index is -0.359. The number of carbonyl (C=O) groups excluding carboxylic acids is 2. The van der Waals surface area contributed by atoms with Crippen LogP contribution in [0.1, 0.15) is 30.5 Å². The summed E-state index contributed by atoms with van der Waals surface area (Å²) in [7, 11) is 3.17. The number of hydrogen-bond acceptors (Lipinski definition) is 8. The Hall–Kier alpha value is -3.20. The molecule has 0 aliphatic heterocycles. The summed E-state index contributed by atoms with van der Waals surface area (Å²) in [5.41, 5.74) is 2.99. The second-order valence-corrected chi connectivity index (χ2v) is 6.95. The van der Waals surface area contributed by atoms with Crippen LogP contribution in [-0.4, -0.2) is 49.3 Å². The minimum Gasteiger partial charge on any atom is -0.481 e. The maximum absolute atomic E-state index is 11.1. The van der Waals surface area contributed by atoms with E-state index < -0.39 is 0 Å². The smallest absolute Gasteiger partial charge is 0.330 e. The SMILES string of the molecule is C=CC(=O)OCC.CCOC(=O)/C=C/c1cnc(OC)cc1C.COc1cc(C)c(Br)cn1. The number of halogens is 1. The van der Waals surface area contributed by atoms with Crippen LogP contribution in [0.2, 0.25) is 0 Å². The fraction of sp³-hybridized carbons (Fsp3) is 0.333. The maximum Gasteiger partial charge on any atom is 0.330 e. The molecule has 2 aromatic rings. The quantitative estimate of drug-likeness (QED) is 0.375. The van der Waals surface area contributed by atoms with Gasteiger partial charge in [-0.3, -0.25) is 0 Å². The predicted octanol–water partition coefficient (Wildman–Crippen LogP) is 4.87. The molecule has 0 unspecified atom stereocenters. The van der Waals surface area contributed by atoms with Gasteiger partial charge in [-0.25, -0.2) is 19.6 Å². The summed E-state index contributed by atoms with van der Waals surface area (Å²) in [5, 5.41) is 0. The van der Waals surface area contributed by atoms with Crippen LogP contribution in [0, 0.1) is 13.8 Å². The molecule has 0 aliphatic carbocycles. The van der Waals surface area contributed by atoms with Crippen molar-refractivity contribution in [1.82, 2.24) is 9.97 Å². The van der Waals surface area contributed by atoms with Gasteiger partial charge in [-0.05, 0) is 66.4 Å². The number of aromatic nitrogens is 2. The van der Waals surface area contributed by atoms with E-state index in [2.05, 4.69) is 37.2 Å². The van der Waals surface area contributed by atoms with Crippen LogP contribution in [0.15, 0.2) is 47.7 Å². The predicted molar refractivity (Wildman–Crippen MR) is 131 cm³/mol. The number of pyridine rings is 2. The van der Waals surface area contributed by atoms with Crippen LogP contribution in [0.25, 0.3) is 6.08 Å². The number of rotatable bonds is 7. The zero-order valence-corrected chi connectivity index (χ0v) is 21.5. The molecule has 0 aliphatic rings. The molecule has 9 heteroatoms. The first-order valence-electron chi connectivity index (χ1n) is 10.0. The summed E-state index contributed by atoms with van der Waals surface area (Å²) < 4.78 is 20.1. The van der Waals surface area contributed by atoms with E-state index in [0.29, 0.717) is 25.0 Å². The summed E-state index contributed by atoms with van der Waals surface area (Å²) in [6.45, 7) is 11.4. The molecule has 0 radical (unpaired) electrons. The Morgan fingerprint density at radius 1 is 0.939 bits per heavy atom. The Kier molecular flexibility index (Phi) is 15.7. The molecule has 0 saturated heterocycles. The van der Waals surface area contributed by atoms with Gasteiger partial charge in [-0.2, -0.15) is 0 Å². The van der Waals surface area contributed by atoms with Crippen molar-refractivity contribution in [2.24, 2.45) is 0 Å². The number of ether oxygens (including phenoxy) is 4. The third-order valence-corrected chi connectivity index (χ3v) is 4.54. The van der Waals surface area contributed by atoms with E-state index in [-0.39, 0.29) is 11.9 Å². The van der Waals surface area contributed by atoms with Gasteiger partial charge in [0.05, 0.1) is 27.4 Å². The van der Waals surface area contributed by atoms with Gasteiger partial charge in [0.2, 0.25) is 11.8 Å². The van der Waals surface area contributed by atoms with Crippen LogP contribution in [0.5, 0.6) is 11.8 Å². The van der Waals surface area contributed by atoms with Crippen LogP contribution in [0.3, 0.4) is 0 Å². The lowest BCUT2D eigenvalue weighted by atomic mass is 10.1. The minimum absolute atomic E-state index is 0.349. The monoisotopic (exact) mass is 522 g/mol. The lowest BCUT2D eigenvalue weighted by molar-refractivity contribution is -0.138. The molecule has 33 heavy (non-hydrogen) atoms. The number of hydrogen-bond donors (Lipinski definition) is 0. The van der Waals surface area contributed by atoms with E-state index in [0.717, 1.165) is 27.2 Å². The first-order chi connectivity index (χ1) is 15.7. The van der Waals surface area contributed by atoms with Crippen molar-refractivity contribution in [2.45, 2.75) is 27.7 Å². The lowest BCUT2D eigenvalue weighted by Crippen LogP contribution is -1.99. The van der Waals surface area contributed by atoms with E-state index in [1.54, 1.807) is 46.5 Å². The molecule has 2 rings (SSSR count). The highest BCUT2D eigenvalue weighted by atomic mass is 79.9. The normalized spacial score (nSPS) is 9.55. The van der Waals surface area contributed by atoms with Gasteiger partial charge in [0, 0.05) is 41.2 Å². The summed E-state index contributed by atoms with van der Waals surface area (Å²) in [6.07, 6.45) is 7.60. The zero-order valence-electron chi connectivity index (χ0n) is 19.9. The Morgan fingerprint density at radius 2 is 1.45 bits per heavy atom. The van der Waals surface area contributed by atoms with Crippen molar-refractivity contribution in [1.29, 1.82) is 0 Å². The summed E-state index contributed by atoms with van der Waals surface area (Å²) in [4.78, 5) is 29.2. The molecule has 0 amide bonds. The molecule has 0 atom stereocenters. The van der Waals surface area contributed by atoms with Gasteiger partial charge in [0.25, 0.3) is 0 Å². The average molecular weight is 523 g/mol.